The van der Waals surface area contributed by atoms with Gasteiger partial charge in [0.2, 0.25) is 15.7 Å². The van der Waals surface area contributed by atoms with Crippen molar-refractivity contribution in [2.24, 2.45) is 0 Å². The van der Waals surface area contributed by atoms with E-state index in [-0.39, 0.29) is 10.8 Å². The minimum absolute atomic E-state index is 0.187. The maximum atomic E-state index is 12.3. The van der Waals surface area contributed by atoms with E-state index >= 15 is 0 Å². The molecular formula is C17H18N2O4S. The monoisotopic (exact) mass is 346 g/mol. The van der Waals surface area contributed by atoms with Crippen LogP contribution in [-0.2, 0) is 21.1 Å². The van der Waals surface area contributed by atoms with Crippen LogP contribution >= 0.6 is 0 Å². The summed E-state index contributed by atoms with van der Waals surface area (Å²) in [5.74, 6) is -1.33. The Labute approximate surface area is 140 Å². The van der Waals surface area contributed by atoms with Gasteiger partial charge in [-0.3, -0.25) is 4.79 Å². The standard InChI is InChI=1S/C17H18N2O4S/c20-16(12-24(22,23)17-10-3-4-11-19(17)21)18-15-9-5-7-13-6-1-2-8-14(13)15/h1-4,6,8,10-11,15H,5,7,9,12H2,(H,18,20)/t15-/m0/s1. The van der Waals surface area contributed by atoms with E-state index in [2.05, 4.69) is 5.32 Å². The number of rotatable bonds is 4. The second-order valence-electron chi connectivity index (χ2n) is 5.83. The van der Waals surface area contributed by atoms with Crippen LogP contribution in [0.3, 0.4) is 0 Å². The Bertz CT molecular complexity index is 864. The quantitative estimate of drug-likeness (QED) is 0.667. The van der Waals surface area contributed by atoms with E-state index in [0.717, 1.165) is 31.0 Å². The third-order valence-electron chi connectivity index (χ3n) is 4.13. The minimum Gasteiger partial charge on any atom is -0.618 e. The highest BCUT2D eigenvalue weighted by atomic mass is 32.2. The summed E-state index contributed by atoms with van der Waals surface area (Å²) in [6.45, 7) is 0. The maximum absolute atomic E-state index is 12.3. The zero-order valence-electron chi connectivity index (χ0n) is 13.0. The van der Waals surface area contributed by atoms with E-state index in [1.165, 1.54) is 23.8 Å². The molecule has 0 unspecified atom stereocenters. The Hall–Kier alpha value is -2.41. The van der Waals surface area contributed by atoms with Crippen molar-refractivity contribution in [2.75, 3.05) is 5.75 Å². The molecule has 7 heteroatoms. The van der Waals surface area contributed by atoms with Crippen LogP contribution in [0.25, 0.3) is 0 Å². The number of pyridine rings is 1. The number of carbonyl (C=O) groups is 1. The maximum Gasteiger partial charge on any atom is 0.309 e. The van der Waals surface area contributed by atoms with Crippen molar-refractivity contribution in [2.45, 2.75) is 30.3 Å². The van der Waals surface area contributed by atoms with Crippen LogP contribution in [-0.4, -0.2) is 20.1 Å². The number of nitrogens with one attached hydrogen (secondary N) is 1. The number of carbonyl (C=O) groups excluding carboxylic acids is 1. The minimum atomic E-state index is -3.98. The fourth-order valence-electron chi connectivity index (χ4n) is 3.04. The molecule has 1 aliphatic rings. The molecule has 3 rings (SSSR count). The highest BCUT2D eigenvalue weighted by molar-refractivity contribution is 7.91. The third kappa shape index (κ3) is 3.41. The molecule has 0 radical (unpaired) electrons. The van der Waals surface area contributed by atoms with Crippen molar-refractivity contribution >= 4 is 15.7 Å². The molecule has 1 atom stereocenters. The summed E-state index contributed by atoms with van der Waals surface area (Å²) < 4.78 is 24.8. The van der Waals surface area contributed by atoms with E-state index in [0.29, 0.717) is 0 Å². The van der Waals surface area contributed by atoms with Gasteiger partial charge in [0.25, 0.3) is 0 Å². The molecule has 0 spiro atoms. The van der Waals surface area contributed by atoms with Gasteiger partial charge in [-0.25, -0.2) is 8.42 Å². The predicted octanol–water partition coefficient (Wildman–Crippen LogP) is 1.29. The first-order valence-electron chi connectivity index (χ1n) is 7.75. The first-order valence-corrected chi connectivity index (χ1v) is 9.41. The van der Waals surface area contributed by atoms with E-state index in [4.69, 9.17) is 0 Å². The fourth-order valence-corrected chi connectivity index (χ4v) is 4.24. The smallest absolute Gasteiger partial charge is 0.309 e. The molecule has 24 heavy (non-hydrogen) atoms. The SMILES string of the molecule is O=C(CS(=O)(=O)c1cccc[n+]1[O-])N[C@H]1CCCc2ccccc21. The van der Waals surface area contributed by atoms with Gasteiger partial charge in [-0.15, -0.1) is 0 Å². The number of hydrogen-bond acceptors (Lipinski definition) is 4. The highest BCUT2D eigenvalue weighted by Crippen LogP contribution is 2.29. The lowest BCUT2D eigenvalue weighted by Crippen LogP contribution is -2.39. The van der Waals surface area contributed by atoms with Crippen LogP contribution in [0, 0.1) is 5.21 Å². The van der Waals surface area contributed by atoms with E-state index in [9.17, 15) is 18.4 Å². The summed E-state index contributed by atoms with van der Waals surface area (Å²) in [5, 5.41) is 14.0. The topological polar surface area (TPSA) is 90.2 Å². The van der Waals surface area contributed by atoms with Crippen molar-refractivity contribution in [1.82, 2.24) is 5.32 Å². The summed E-state index contributed by atoms with van der Waals surface area (Å²) in [6.07, 6.45) is 3.77. The summed E-state index contributed by atoms with van der Waals surface area (Å²) in [7, 11) is -3.98. The number of benzene rings is 1. The molecule has 0 aliphatic heterocycles. The van der Waals surface area contributed by atoms with Gasteiger partial charge in [-0.1, -0.05) is 24.3 Å². The molecule has 1 amide bonds. The number of aromatic nitrogens is 1. The van der Waals surface area contributed by atoms with E-state index in [1.807, 2.05) is 24.3 Å². The van der Waals surface area contributed by atoms with Crippen LogP contribution in [0.15, 0.2) is 53.7 Å². The number of aryl methyl sites for hydroxylation is 1. The third-order valence-corrected chi connectivity index (χ3v) is 5.73. The van der Waals surface area contributed by atoms with E-state index in [1.54, 1.807) is 0 Å². The molecule has 6 nitrogen and oxygen atoms in total. The summed E-state index contributed by atoms with van der Waals surface area (Å²) in [6, 6.07) is 11.7. The van der Waals surface area contributed by atoms with Gasteiger partial charge in [-0.2, -0.15) is 4.73 Å². The number of amides is 1. The zero-order valence-corrected chi connectivity index (χ0v) is 13.8. The number of sulfone groups is 1. The van der Waals surface area contributed by atoms with Crippen molar-refractivity contribution in [3.05, 3.63) is 65.0 Å². The molecule has 1 aromatic carbocycles. The average Bonchev–Trinajstić information content (AvgIpc) is 2.55. The molecule has 0 fully saturated rings. The van der Waals surface area contributed by atoms with Gasteiger partial charge in [0.05, 0.1) is 6.04 Å². The van der Waals surface area contributed by atoms with Crippen LogP contribution < -0.4 is 10.0 Å². The van der Waals surface area contributed by atoms with Gasteiger partial charge in [0.15, 0.2) is 6.20 Å². The van der Waals surface area contributed by atoms with Gasteiger partial charge in [0.1, 0.15) is 5.75 Å². The summed E-state index contributed by atoms with van der Waals surface area (Å²) in [5.41, 5.74) is 2.21. The van der Waals surface area contributed by atoms with Crippen LogP contribution in [0.2, 0.25) is 0 Å². The predicted molar refractivity (Wildman–Crippen MR) is 87.7 cm³/mol. The van der Waals surface area contributed by atoms with Gasteiger partial charge >= 0.3 is 5.03 Å². The van der Waals surface area contributed by atoms with Crippen LogP contribution in [0.4, 0.5) is 0 Å². The molecule has 1 aromatic heterocycles. The molecule has 1 heterocycles. The zero-order chi connectivity index (χ0) is 17.2. The van der Waals surface area contributed by atoms with E-state index < -0.39 is 26.5 Å². The van der Waals surface area contributed by atoms with Crippen molar-refractivity contribution in [3.8, 4) is 0 Å². The van der Waals surface area contributed by atoms with Crippen LogP contribution in [0.5, 0.6) is 0 Å². The Morgan fingerprint density at radius 2 is 1.96 bits per heavy atom. The molecule has 0 saturated carbocycles. The lowest BCUT2D eigenvalue weighted by molar-refractivity contribution is -0.646. The number of nitrogens with zero attached hydrogens (tertiary/aromatic N) is 1. The van der Waals surface area contributed by atoms with Gasteiger partial charge in [-0.05, 0) is 36.5 Å². The van der Waals surface area contributed by atoms with Gasteiger partial charge in [0, 0.05) is 12.1 Å². The second kappa shape index (κ2) is 6.60. The molecular weight excluding hydrogens is 328 g/mol. The molecule has 2 aromatic rings. The summed E-state index contributed by atoms with van der Waals surface area (Å²) in [4.78, 5) is 12.2. The summed E-state index contributed by atoms with van der Waals surface area (Å²) >= 11 is 0. The fraction of sp³-hybridized carbons (Fsp3) is 0.294. The Morgan fingerprint density at radius 3 is 2.75 bits per heavy atom. The number of fused-ring (bicyclic) bond motifs is 1. The first kappa shape index (κ1) is 16.4. The number of hydrogen-bond donors (Lipinski definition) is 1. The molecule has 1 aliphatic carbocycles. The van der Waals surface area contributed by atoms with Crippen molar-refractivity contribution in [3.63, 3.8) is 0 Å². The Balaban J connectivity index is 1.74. The normalized spacial score (nSPS) is 17.1. The largest absolute Gasteiger partial charge is 0.618 e. The highest BCUT2D eigenvalue weighted by Gasteiger charge is 2.29. The molecule has 1 N–H and O–H groups in total. The second-order valence-corrected chi connectivity index (χ2v) is 7.77. The van der Waals surface area contributed by atoms with Crippen molar-refractivity contribution < 1.29 is 17.9 Å². The average molecular weight is 346 g/mol. The lowest BCUT2D eigenvalue weighted by Gasteiger charge is -2.26. The van der Waals surface area contributed by atoms with Crippen molar-refractivity contribution in [1.29, 1.82) is 0 Å². The lowest BCUT2D eigenvalue weighted by atomic mass is 9.88. The Morgan fingerprint density at radius 1 is 1.21 bits per heavy atom. The Kier molecular flexibility index (Phi) is 4.53. The molecule has 0 saturated heterocycles. The first-order chi connectivity index (χ1) is 11.5. The van der Waals surface area contributed by atoms with Crippen LogP contribution in [0.1, 0.15) is 30.0 Å². The molecule has 126 valence electrons. The molecule has 0 bridgehead atoms. The van der Waals surface area contributed by atoms with Gasteiger partial charge < -0.3 is 10.5 Å².